The Morgan fingerprint density at radius 2 is 2.24 bits per heavy atom. The van der Waals surface area contributed by atoms with E-state index in [1.165, 1.54) is 12.0 Å². The molecule has 2 amide bonds. The fraction of sp³-hybridized carbons (Fsp3) is 0.818. The summed E-state index contributed by atoms with van der Waals surface area (Å²) >= 11 is 0. The van der Waals surface area contributed by atoms with Crippen molar-refractivity contribution < 1.29 is 19.4 Å². The van der Waals surface area contributed by atoms with Crippen LogP contribution >= 0.6 is 0 Å². The average Bonchev–Trinajstić information content (AvgIpc) is 2.73. The largest absolute Gasteiger partial charge is 0.480 e. The minimum atomic E-state index is -0.977. The molecule has 6 nitrogen and oxygen atoms in total. The van der Waals surface area contributed by atoms with Gasteiger partial charge in [0.15, 0.2) is 0 Å². The molecule has 0 bridgehead atoms. The highest BCUT2D eigenvalue weighted by atomic mass is 16.5. The lowest BCUT2D eigenvalue weighted by molar-refractivity contribution is -0.141. The number of hydrogen-bond acceptors (Lipinski definition) is 3. The predicted molar refractivity (Wildman–Crippen MR) is 61.9 cm³/mol. The summed E-state index contributed by atoms with van der Waals surface area (Å²) in [7, 11) is 1.53. The van der Waals surface area contributed by atoms with E-state index in [1.54, 1.807) is 0 Å². The molecule has 1 aliphatic rings. The molecule has 2 unspecified atom stereocenters. The van der Waals surface area contributed by atoms with Gasteiger partial charge in [-0.1, -0.05) is 13.3 Å². The molecule has 1 aliphatic heterocycles. The van der Waals surface area contributed by atoms with Gasteiger partial charge in [0, 0.05) is 26.6 Å². The zero-order valence-electron chi connectivity index (χ0n) is 10.3. The van der Waals surface area contributed by atoms with Gasteiger partial charge in [0.25, 0.3) is 0 Å². The third kappa shape index (κ3) is 3.59. The van der Waals surface area contributed by atoms with Crippen molar-refractivity contribution in [2.24, 2.45) is 0 Å². The number of nitrogens with one attached hydrogen (secondary N) is 1. The number of nitrogens with zero attached hydrogens (tertiary/aromatic N) is 1. The second-order valence-electron chi connectivity index (χ2n) is 4.19. The molecule has 6 heteroatoms. The molecule has 0 aromatic rings. The van der Waals surface area contributed by atoms with Crippen LogP contribution in [0.2, 0.25) is 0 Å². The van der Waals surface area contributed by atoms with Gasteiger partial charge >= 0.3 is 12.0 Å². The number of aliphatic carboxylic acids is 1. The number of methoxy groups -OCH3 is 1. The van der Waals surface area contributed by atoms with E-state index >= 15 is 0 Å². The highest BCUT2D eigenvalue weighted by molar-refractivity contribution is 5.83. The van der Waals surface area contributed by atoms with Crippen LogP contribution in [0.1, 0.15) is 26.2 Å². The minimum absolute atomic E-state index is 0.187. The smallest absolute Gasteiger partial charge is 0.326 e. The Kier molecular flexibility index (Phi) is 5.21. The molecule has 2 atom stereocenters. The Labute approximate surface area is 101 Å². The molecular formula is C11H20N2O4. The maximum absolute atomic E-state index is 11.8. The van der Waals surface area contributed by atoms with Crippen LogP contribution < -0.4 is 5.32 Å². The Morgan fingerprint density at radius 1 is 1.53 bits per heavy atom. The molecule has 0 radical (unpaired) electrons. The second-order valence-corrected chi connectivity index (χ2v) is 4.19. The van der Waals surface area contributed by atoms with Crippen LogP contribution in [0.3, 0.4) is 0 Å². The van der Waals surface area contributed by atoms with Gasteiger partial charge in [0.2, 0.25) is 0 Å². The summed E-state index contributed by atoms with van der Waals surface area (Å²) in [6.07, 6.45) is 2.05. The molecule has 98 valence electrons. The number of carboxylic acids is 1. The molecule has 1 saturated heterocycles. The third-order valence-corrected chi connectivity index (χ3v) is 2.95. The van der Waals surface area contributed by atoms with Gasteiger partial charge < -0.3 is 20.1 Å². The lowest BCUT2D eigenvalue weighted by Gasteiger charge is -2.21. The summed E-state index contributed by atoms with van der Waals surface area (Å²) in [6, 6.07) is -1.09. The van der Waals surface area contributed by atoms with Crippen LogP contribution in [0.5, 0.6) is 0 Å². The molecule has 0 aromatic heterocycles. The first-order chi connectivity index (χ1) is 8.10. The van der Waals surface area contributed by atoms with E-state index in [2.05, 4.69) is 5.32 Å². The van der Waals surface area contributed by atoms with E-state index in [0.717, 1.165) is 12.8 Å². The number of hydrogen-bond donors (Lipinski definition) is 2. The van der Waals surface area contributed by atoms with E-state index in [4.69, 9.17) is 9.84 Å². The van der Waals surface area contributed by atoms with Gasteiger partial charge in [-0.3, -0.25) is 0 Å². The summed E-state index contributed by atoms with van der Waals surface area (Å²) in [5.41, 5.74) is 0. The summed E-state index contributed by atoms with van der Waals surface area (Å²) in [5.74, 6) is -0.977. The zero-order valence-corrected chi connectivity index (χ0v) is 10.3. The standard InChI is InChI=1S/C11H20N2O4/c1-3-4-5-12-11(16)13-7-8(17-2)6-9(13)10(14)15/h8-9H,3-7H2,1-2H3,(H,12,16)(H,14,15). The Bertz CT molecular complexity index is 283. The SMILES string of the molecule is CCCCNC(=O)N1CC(OC)CC1C(=O)O. The first-order valence-electron chi connectivity index (χ1n) is 5.90. The molecule has 0 aliphatic carbocycles. The molecule has 1 heterocycles. The van der Waals surface area contributed by atoms with E-state index in [0.29, 0.717) is 19.5 Å². The van der Waals surface area contributed by atoms with Crippen LogP contribution in [0.15, 0.2) is 0 Å². The molecule has 0 aromatic carbocycles. The molecular weight excluding hydrogens is 224 g/mol. The zero-order chi connectivity index (χ0) is 12.8. The van der Waals surface area contributed by atoms with Crippen LogP contribution in [0.4, 0.5) is 4.79 Å². The number of amides is 2. The lowest BCUT2D eigenvalue weighted by atomic mass is 10.2. The monoisotopic (exact) mass is 244 g/mol. The van der Waals surface area contributed by atoms with Crippen LogP contribution in [0, 0.1) is 0 Å². The molecule has 17 heavy (non-hydrogen) atoms. The molecule has 2 N–H and O–H groups in total. The molecule has 1 rings (SSSR count). The first kappa shape index (κ1) is 13.8. The van der Waals surface area contributed by atoms with Crippen molar-refractivity contribution in [2.45, 2.75) is 38.3 Å². The molecule has 0 saturated carbocycles. The lowest BCUT2D eigenvalue weighted by Crippen LogP contribution is -2.46. The summed E-state index contributed by atoms with van der Waals surface area (Å²) in [6.45, 7) is 2.95. The number of carbonyl (C=O) groups is 2. The summed E-state index contributed by atoms with van der Waals surface area (Å²) < 4.78 is 5.11. The van der Waals surface area contributed by atoms with Crippen LogP contribution in [0.25, 0.3) is 0 Å². The Hall–Kier alpha value is -1.30. The van der Waals surface area contributed by atoms with Crippen molar-refractivity contribution in [1.29, 1.82) is 0 Å². The fourth-order valence-corrected chi connectivity index (χ4v) is 1.90. The number of carboxylic acid groups (broad SMARTS) is 1. The normalized spacial score (nSPS) is 23.8. The number of unbranched alkanes of at least 4 members (excludes halogenated alkanes) is 1. The number of ether oxygens (including phenoxy) is 1. The maximum atomic E-state index is 11.8. The predicted octanol–water partition coefficient (Wildman–Crippen LogP) is 0.670. The summed E-state index contributed by atoms with van der Waals surface area (Å²) in [5, 5.41) is 11.8. The number of rotatable bonds is 5. The Balaban J connectivity index is 2.54. The fourth-order valence-electron chi connectivity index (χ4n) is 1.90. The van der Waals surface area contributed by atoms with Gasteiger partial charge in [0.05, 0.1) is 6.10 Å². The van der Waals surface area contributed by atoms with Gasteiger partial charge in [-0.15, -0.1) is 0 Å². The minimum Gasteiger partial charge on any atom is -0.480 e. The Morgan fingerprint density at radius 3 is 2.76 bits per heavy atom. The highest BCUT2D eigenvalue weighted by Crippen LogP contribution is 2.20. The van der Waals surface area contributed by atoms with Crippen LogP contribution in [-0.2, 0) is 9.53 Å². The average molecular weight is 244 g/mol. The van der Waals surface area contributed by atoms with E-state index in [-0.39, 0.29) is 12.1 Å². The number of likely N-dealkylation sites (tertiary alicyclic amines) is 1. The molecule has 0 spiro atoms. The number of urea groups is 1. The van der Waals surface area contributed by atoms with Crippen molar-refractivity contribution in [1.82, 2.24) is 10.2 Å². The van der Waals surface area contributed by atoms with Crippen molar-refractivity contribution in [3.05, 3.63) is 0 Å². The van der Waals surface area contributed by atoms with Gasteiger partial charge in [-0.2, -0.15) is 0 Å². The van der Waals surface area contributed by atoms with E-state index < -0.39 is 12.0 Å². The van der Waals surface area contributed by atoms with E-state index in [1.807, 2.05) is 6.92 Å². The first-order valence-corrected chi connectivity index (χ1v) is 5.90. The highest BCUT2D eigenvalue weighted by Gasteiger charge is 2.39. The van der Waals surface area contributed by atoms with Gasteiger partial charge in [0.1, 0.15) is 6.04 Å². The van der Waals surface area contributed by atoms with Gasteiger partial charge in [-0.05, 0) is 6.42 Å². The van der Waals surface area contributed by atoms with Crippen molar-refractivity contribution in [2.75, 3.05) is 20.2 Å². The quantitative estimate of drug-likeness (QED) is 0.697. The van der Waals surface area contributed by atoms with Crippen LogP contribution in [-0.4, -0.2) is 54.4 Å². The molecule has 1 fully saturated rings. The third-order valence-electron chi connectivity index (χ3n) is 2.95. The number of carbonyl (C=O) groups excluding carboxylic acids is 1. The van der Waals surface area contributed by atoms with Gasteiger partial charge in [-0.25, -0.2) is 9.59 Å². The summed E-state index contributed by atoms with van der Waals surface area (Å²) in [4.78, 5) is 24.2. The van der Waals surface area contributed by atoms with Crippen molar-refractivity contribution >= 4 is 12.0 Å². The van der Waals surface area contributed by atoms with Crippen molar-refractivity contribution in [3.8, 4) is 0 Å². The van der Waals surface area contributed by atoms with E-state index in [9.17, 15) is 9.59 Å². The maximum Gasteiger partial charge on any atom is 0.326 e. The topological polar surface area (TPSA) is 78.9 Å². The second kappa shape index (κ2) is 6.44. The van der Waals surface area contributed by atoms with Crippen molar-refractivity contribution in [3.63, 3.8) is 0 Å².